The van der Waals surface area contributed by atoms with E-state index >= 15 is 0 Å². The lowest BCUT2D eigenvalue weighted by atomic mass is 10.0. The number of esters is 1. The number of aromatic nitrogens is 2. The van der Waals surface area contributed by atoms with Crippen molar-refractivity contribution in [1.29, 1.82) is 0 Å². The predicted octanol–water partition coefficient (Wildman–Crippen LogP) is 4.33. The third kappa shape index (κ3) is 4.77. The number of nitrogens with zero attached hydrogens (tertiary/aromatic N) is 1. The average Bonchev–Trinajstić information content (AvgIpc) is 3.17. The zero-order valence-electron chi connectivity index (χ0n) is 18.2. The minimum Gasteiger partial charge on any atom is -0.449 e. The molecule has 0 bridgehead atoms. The number of para-hydroxylation sites is 1. The molecule has 0 radical (unpaired) electrons. The van der Waals surface area contributed by atoms with E-state index < -0.39 is 18.0 Å². The van der Waals surface area contributed by atoms with Gasteiger partial charge in [0.05, 0.1) is 11.3 Å². The number of rotatable bonds is 6. The predicted molar refractivity (Wildman–Crippen MR) is 127 cm³/mol. The van der Waals surface area contributed by atoms with Gasteiger partial charge in [0.25, 0.3) is 5.91 Å². The van der Waals surface area contributed by atoms with Crippen LogP contribution in [0.4, 0.5) is 5.69 Å². The first-order valence-corrected chi connectivity index (χ1v) is 10.5. The van der Waals surface area contributed by atoms with Crippen LogP contribution in [0.3, 0.4) is 0 Å². The fourth-order valence-electron chi connectivity index (χ4n) is 3.50. The van der Waals surface area contributed by atoms with Gasteiger partial charge in [0.1, 0.15) is 0 Å². The molecule has 4 aromatic rings. The zero-order valence-corrected chi connectivity index (χ0v) is 18.2. The molecule has 7 nitrogen and oxygen atoms in total. The first-order chi connectivity index (χ1) is 15.9. The van der Waals surface area contributed by atoms with E-state index in [9.17, 15) is 14.4 Å². The van der Waals surface area contributed by atoms with Gasteiger partial charge in [-0.1, -0.05) is 48.5 Å². The van der Waals surface area contributed by atoms with Crippen molar-refractivity contribution in [2.75, 3.05) is 5.32 Å². The molecule has 0 aliphatic rings. The van der Waals surface area contributed by atoms with E-state index in [1.807, 2.05) is 48.5 Å². The molecule has 1 unspecified atom stereocenters. The van der Waals surface area contributed by atoms with Gasteiger partial charge in [-0.25, -0.2) is 9.59 Å². The zero-order chi connectivity index (χ0) is 23.4. The van der Waals surface area contributed by atoms with Gasteiger partial charge in [0, 0.05) is 23.1 Å². The second-order valence-electron chi connectivity index (χ2n) is 7.57. The lowest BCUT2D eigenvalue weighted by Crippen LogP contribution is -2.30. The maximum atomic E-state index is 12.7. The van der Waals surface area contributed by atoms with Crippen LogP contribution in [0.2, 0.25) is 0 Å². The normalized spacial score (nSPS) is 11.6. The molecule has 0 fully saturated rings. The second kappa shape index (κ2) is 9.40. The van der Waals surface area contributed by atoms with Crippen molar-refractivity contribution in [1.82, 2.24) is 9.55 Å². The smallest absolute Gasteiger partial charge is 0.338 e. The van der Waals surface area contributed by atoms with Crippen LogP contribution in [0.5, 0.6) is 0 Å². The number of imidazole rings is 1. The number of ether oxygens (including phenoxy) is 1. The number of carbonyl (C=O) groups is 2. The summed E-state index contributed by atoms with van der Waals surface area (Å²) in [4.78, 5) is 39.8. The number of benzene rings is 3. The van der Waals surface area contributed by atoms with Crippen molar-refractivity contribution in [2.24, 2.45) is 0 Å². The van der Waals surface area contributed by atoms with Gasteiger partial charge in [-0.15, -0.1) is 0 Å². The van der Waals surface area contributed by atoms with E-state index in [2.05, 4.69) is 10.3 Å². The Bertz CT molecular complexity index is 1340. The molecular formula is C26H23N3O4. The summed E-state index contributed by atoms with van der Waals surface area (Å²) >= 11 is 0. The third-order valence-electron chi connectivity index (χ3n) is 5.24. The molecule has 1 atom stereocenters. The quantitative estimate of drug-likeness (QED) is 0.436. The van der Waals surface area contributed by atoms with E-state index in [0.717, 1.165) is 16.8 Å². The number of anilines is 1. The number of H-pyrrole nitrogens is 1. The first-order valence-electron chi connectivity index (χ1n) is 10.5. The maximum absolute atomic E-state index is 12.7. The molecule has 2 N–H and O–H groups in total. The van der Waals surface area contributed by atoms with E-state index in [1.165, 1.54) is 11.5 Å². The summed E-state index contributed by atoms with van der Waals surface area (Å²) in [5, 5.41) is 2.85. The Hall–Kier alpha value is -4.39. The molecule has 0 aliphatic carbocycles. The number of amides is 1. The van der Waals surface area contributed by atoms with Gasteiger partial charge in [-0.2, -0.15) is 0 Å². The van der Waals surface area contributed by atoms with E-state index in [0.29, 0.717) is 11.4 Å². The fraction of sp³-hybridized carbons (Fsp3) is 0.115. The Labute approximate surface area is 190 Å². The number of hydrogen-bond acceptors (Lipinski definition) is 4. The SMILES string of the molecule is Cc1c[nH]c(=O)n1-c1ccc(C(=O)OC(C)C(=O)Nc2ccccc2-c2ccccc2)cc1. The van der Waals surface area contributed by atoms with Crippen molar-refractivity contribution in [2.45, 2.75) is 20.0 Å². The van der Waals surface area contributed by atoms with Crippen LogP contribution in [0.1, 0.15) is 23.0 Å². The van der Waals surface area contributed by atoms with Crippen molar-refractivity contribution in [3.8, 4) is 16.8 Å². The van der Waals surface area contributed by atoms with Gasteiger partial charge in [0.15, 0.2) is 6.10 Å². The van der Waals surface area contributed by atoms with E-state index in [-0.39, 0.29) is 11.3 Å². The summed E-state index contributed by atoms with van der Waals surface area (Å²) < 4.78 is 6.86. The van der Waals surface area contributed by atoms with Gasteiger partial charge in [-0.05, 0) is 49.7 Å². The number of hydrogen-bond donors (Lipinski definition) is 2. The van der Waals surface area contributed by atoms with Crippen molar-refractivity contribution >= 4 is 17.6 Å². The van der Waals surface area contributed by atoms with Gasteiger partial charge >= 0.3 is 11.7 Å². The third-order valence-corrected chi connectivity index (χ3v) is 5.24. The van der Waals surface area contributed by atoms with Crippen LogP contribution < -0.4 is 11.0 Å². The van der Waals surface area contributed by atoms with Crippen LogP contribution >= 0.6 is 0 Å². The average molecular weight is 441 g/mol. The standard InChI is InChI=1S/C26H23N3O4/c1-17-16-27-26(32)29(17)21-14-12-20(13-15-21)25(31)33-18(2)24(30)28-23-11-7-6-10-22(23)19-8-4-3-5-9-19/h3-16,18H,1-2H3,(H,27,32)(H,28,30). The fourth-order valence-corrected chi connectivity index (χ4v) is 3.50. The lowest BCUT2D eigenvalue weighted by Gasteiger charge is -2.16. The van der Waals surface area contributed by atoms with Crippen LogP contribution in [0, 0.1) is 6.92 Å². The molecule has 1 amide bonds. The Morgan fingerprint density at radius 3 is 2.27 bits per heavy atom. The molecule has 0 aliphatic heterocycles. The molecule has 7 heteroatoms. The summed E-state index contributed by atoms with van der Waals surface area (Å²) in [6.45, 7) is 3.33. The molecule has 1 heterocycles. The minimum atomic E-state index is -1.00. The molecular weight excluding hydrogens is 418 g/mol. The maximum Gasteiger partial charge on any atom is 0.338 e. The van der Waals surface area contributed by atoms with Gasteiger partial charge in [0.2, 0.25) is 0 Å². The summed E-state index contributed by atoms with van der Waals surface area (Å²) in [5.74, 6) is -1.06. The van der Waals surface area contributed by atoms with Crippen LogP contribution in [-0.4, -0.2) is 27.5 Å². The highest BCUT2D eigenvalue weighted by molar-refractivity contribution is 6.00. The molecule has 4 rings (SSSR count). The largest absolute Gasteiger partial charge is 0.449 e. The molecule has 0 spiro atoms. The molecule has 3 aromatic carbocycles. The number of aryl methyl sites for hydroxylation is 1. The minimum absolute atomic E-state index is 0.260. The van der Waals surface area contributed by atoms with E-state index in [4.69, 9.17) is 4.74 Å². The topological polar surface area (TPSA) is 93.2 Å². The lowest BCUT2D eigenvalue weighted by molar-refractivity contribution is -0.123. The highest BCUT2D eigenvalue weighted by Crippen LogP contribution is 2.27. The van der Waals surface area contributed by atoms with Crippen LogP contribution in [0.15, 0.2) is 89.9 Å². The summed E-state index contributed by atoms with van der Waals surface area (Å²) in [6.07, 6.45) is 0.608. The van der Waals surface area contributed by atoms with Gasteiger partial charge in [-0.3, -0.25) is 9.36 Å². The molecule has 166 valence electrons. The molecule has 1 aromatic heterocycles. The Balaban J connectivity index is 1.44. The highest BCUT2D eigenvalue weighted by atomic mass is 16.5. The second-order valence-corrected chi connectivity index (χ2v) is 7.57. The molecule has 33 heavy (non-hydrogen) atoms. The Kier molecular flexibility index (Phi) is 6.22. The molecule has 0 saturated carbocycles. The van der Waals surface area contributed by atoms with Crippen molar-refractivity contribution < 1.29 is 14.3 Å². The van der Waals surface area contributed by atoms with Crippen LogP contribution in [-0.2, 0) is 9.53 Å². The number of aromatic amines is 1. The van der Waals surface area contributed by atoms with Crippen molar-refractivity contribution in [3.05, 3.63) is 107 Å². The highest BCUT2D eigenvalue weighted by Gasteiger charge is 2.20. The monoisotopic (exact) mass is 441 g/mol. The Morgan fingerprint density at radius 2 is 1.61 bits per heavy atom. The van der Waals surface area contributed by atoms with Crippen LogP contribution in [0.25, 0.3) is 16.8 Å². The first kappa shape index (κ1) is 21.8. The summed E-state index contributed by atoms with van der Waals surface area (Å²) in [6, 6.07) is 23.6. The van der Waals surface area contributed by atoms with E-state index in [1.54, 1.807) is 43.5 Å². The number of carbonyl (C=O) groups excluding carboxylic acids is 2. The Morgan fingerprint density at radius 1 is 0.939 bits per heavy atom. The van der Waals surface area contributed by atoms with Crippen molar-refractivity contribution in [3.63, 3.8) is 0 Å². The number of nitrogens with one attached hydrogen (secondary N) is 2. The molecule has 0 saturated heterocycles. The summed E-state index contributed by atoms with van der Waals surface area (Å²) in [5.41, 5.74) is 3.86. The van der Waals surface area contributed by atoms with Gasteiger partial charge < -0.3 is 15.0 Å². The summed E-state index contributed by atoms with van der Waals surface area (Å²) in [7, 11) is 0.